The first-order valence-electron chi connectivity index (χ1n) is 4.05. The number of alkyl halides is 3. The molecule has 1 aromatic carbocycles. The average Bonchev–Trinajstić information content (AvgIpc) is 2.15. The standard InChI is InChI=1S/C8H8F3NO2S2/c9-8(10,11)16(13,14)12-7-3-1-2-6(4-7)5-15/h1-4,12,15H,5H2. The molecule has 1 N–H and O–H groups in total. The van der Waals surface area contributed by atoms with Gasteiger partial charge >= 0.3 is 15.5 Å². The summed E-state index contributed by atoms with van der Waals surface area (Å²) in [6.45, 7) is 0. The van der Waals surface area contributed by atoms with Crippen LogP contribution in [0.5, 0.6) is 0 Å². The Kier molecular flexibility index (Phi) is 3.74. The lowest BCUT2D eigenvalue weighted by atomic mass is 10.2. The van der Waals surface area contributed by atoms with Gasteiger partial charge in [-0.2, -0.15) is 34.2 Å². The number of anilines is 1. The van der Waals surface area contributed by atoms with Gasteiger partial charge in [0.15, 0.2) is 0 Å². The Labute approximate surface area is 96.1 Å². The highest BCUT2D eigenvalue weighted by molar-refractivity contribution is 7.93. The van der Waals surface area contributed by atoms with Crippen LogP contribution in [0.2, 0.25) is 0 Å². The molecule has 8 heteroatoms. The number of benzene rings is 1. The van der Waals surface area contributed by atoms with Gasteiger partial charge in [-0.05, 0) is 17.7 Å². The zero-order valence-electron chi connectivity index (χ0n) is 7.82. The molecule has 0 aromatic heterocycles. The molecule has 0 heterocycles. The zero-order chi connectivity index (χ0) is 12.4. The summed E-state index contributed by atoms with van der Waals surface area (Å²) >= 11 is 3.93. The van der Waals surface area contributed by atoms with Crippen LogP contribution in [0.15, 0.2) is 24.3 Å². The van der Waals surface area contributed by atoms with Crippen LogP contribution in [-0.4, -0.2) is 13.9 Å². The molecule has 1 aromatic rings. The zero-order valence-corrected chi connectivity index (χ0v) is 9.53. The minimum absolute atomic E-state index is 0.135. The van der Waals surface area contributed by atoms with Crippen molar-refractivity contribution in [1.82, 2.24) is 0 Å². The summed E-state index contributed by atoms with van der Waals surface area (Å²) in [5.74, 6) is 0.307. The van der Waals surface area contributed by atoms with Crippen molar-refractivity contribution in [2.45, 2.75) is 11.3 Å². The first kappa shape index (κ1) is 13.2. The van der Waals surface area contributed by atoms with Crippen LogP contribution < -0.4 is 4.72 Å². The van der Waals surface area contributed by atoms with Gasteiger partial charge in [0.1, 0.15) is 0 Å². The second kappa shape index (κ2) is 4.54. The number of rotatable bonds is 3. The van der Waals surface area contributed by atoms with E-state index in [9.17, 15) is 21.6 Å². The first-order chi connectivity index (χ1) is 7.26. The van der Waals surface area contributed by atoms with Crippen molar-refractivity contribution in [1.29, 1.82) is 0 Å². The topological polar surface area (TPSA) is 46.2 Å². The molecule has 0 aliphatic rings. The highest BCUT2D eigenvalue weighted by Gasteiger charge is 2.45. The molecular formula is C8H8F3NO2S2. The molecule has 90 valence electrons. The summed E-state index contributed by atoms with van der Waals surface area (Å²) in [5, 5.41) is 0. The maximum Gasteiger partial charge on any atom is 0.516 e. The third-order valence-electron chi connectivity index (χ3n) is 1.67. The molecule has 0 saturated heterocycles. The predicted molar refractivity (Wildman–Crippen MR) is 57.7 cm³/mol. The number of hydrogen-bond donors (Lipinski definition) is 2. The SMILES string of the molecule is O=S(=O)(Nc1cccc(CS)c1)C(F)(F)F. The van der Waals surface area contributed by atoms with E-state index in [2.05, 4.69) is 12.6 Å². The van der Waals surface area contributed by atoms with E-state index < -0.39 is 15.5 Å². The fourth-order valence-electron chi connectivity index (χ4n) is 0.946. The van der Waals surface area contributed by atoms with E-state index in [1.54, 1.807) is 6.07 Å². The van der Waals surface area contributed by atoms with Gasteiger partial charge in [-0.1, -0.05) is 12.1 Å². The van der Waals surface area contributed by atoms with Crippen LogP contribution in [0.25, 0.3) is 0 Å². The highest BCUT2D eigenvalue weighted by Crippen LogP contribution is 2.25. The molecule has 0 fully saturated rings. The number of thiol groups is 1. The van der Waals surface area contributed by atoms with E-state index in [1.165, 1.54) is 22.9 Å². The van der Waals surface area contributed by atoms with Crippen LogP contribution in [0.1, 0.15) is 5.56 Å². The van der Waals surface area contributed by atoms with Crippen molar-refractivity contribution in [3.63, 3.8) is 0 Å². The molecule has 16 heavy (non-hydrogen) atoms. The molecule has 0 bridgehead atoms. The molecule has 0 aliphatic heterocycles. The number of hydrogen-bond acceptors (Lipinski definition) is 3. The molecule has 0 saturated carbocycles. The van der Waals surface area contributed by atoms with Crippen molar-refractivity contribution < 1.29 is 21.6 Å². The van der Waals surface area contributed by atoms with E-state index in [0.717, 1.165) is 0 Å². The quantitative estimate of drug-likeness (QED) is 0.829. The molecule has 3 nitrogen and oxygen atoms in total. The van der Waals surface area contributed by atoms with Gasteiger partial charge in [0.25, 0.3) is 0 Å². The van der Waals surface area contributed by atoms with E-state index in [0.29, 0.717) is 11.3 Å². The summed E-state index contributed by atoms with van der Waals surface area (Å²) in [6.07, 6.45) is 0. The van der Waals surface area contributed by atoms with Gasteiger partial charge in [-0.25, -0.2) is 0 Å². The van der Waals surface area contributed by atoms with Gasteiger partial charge in [0.05, 0.1) is 0 Å². The van der Waals surface area contributed by atoms with Gasteiger partial charge in [0, 0.05) is 11.4 Å². The third kappa shape index (κ3) is 3.05. The van der Waals surface area contributed by atoms with Crippen LogP contribution in [0.4, 0.5) is 18.9 Å². The molecule has 0 spiro atoms. The molecule has 0 unspecified atom stereocenters. The average molecular weight is 271 g/mol. The minimum Gasteiger partial charge on any atom is -0.276 e. The summed E-state index contributed by atoms with van der Waals surface area (Å²) in [4.78, 5) is 0. The fraction of sp³-hybridized carbons (Fsp3) is 0.250. The fourth-order valence-corrected chi connectivity index (χ4v) is 1.70. The largest absolute Gasteiger partial charge is 0.516 e. The van der Waals surface area contributed by atoms with Crippen LogP contribution >= 0.6 is 12.6 Å². The van der Waals surface area contributed by atoms with Crippen molar-refractivity contribution in [3.8, 4) is 0 Å². The third-order valence-corrected chi connectivity index (χ3v) is 3.15. The summed E-state index contributed by atoms with van der Waals surface area (Å²) in [5.41, 5.74) is -4.83. The summed E-state index contributed by atoms with van der Waals surface area (Å²) in [6, 6.07) is 5.59. The normalized spacial score (nSPS) is 12.5. The summed E-state index contributed by atoms with van der Waals surface area (Å²) in [7, 11) is -5.35. The van der Waals surface area contributed by atoms with E-state index in [1.807, 2.05) is 0 Å². The maximum absolute atomic E-state index is 12.0. The second-order valence-electron chi connectivity index (χ2n) is 2.91. The van der Waals surface area contributed by atoms with Gasteiger partial charge in [0.2, 0.25) is 0 Å². The first-order valence-corrected chi connectivity index (χ1v) is 6.17. The maximum atomic E-state index is 12.0. The molecule has 0 amide bonds. The van der Waals surface area contributed by atoms with Crippen LogP contribution in [0, 0.1) is 0 Å². The predicted octanol–water partition coefficient (Wildman–Crippen LogP) is 2.38. The molecule has 0 atom stereocenters. The number of sulfonamides is 1. The van der Waals surface area contributed by atoms with Crippen LogP contribution in [0.3, 0.4) is 0 Å². The van der Waals surface area contributed by atoms with E-state index in [4.69, 9.17) is 0 Å². The lowest BCUT2D eigenvalue weighted by molar-refractivity contribution is -0.0429. The lowest BCUT2D eigenvalue weighted by Gasteiger charge is -2.10. The number of halogens is 3. The Morgan fingerprint density at radius 2 is 1.94 bits per heavy atom. The second-order valence-corrected chi connectivity index (χ2v) is 4.90. The molecule has 0 aliphatic carbocycles. The van der Waals surface area contributed by atoms with E-state index >= 15 is 0 Å². The van der Waals surface area contributed by atoms with Crippen molar-refractivity contribution in [2.24, 2.45) is 0 Å². The van der Waals surface area contributed by atoms with Gasteiger partial charge in [-0.15, -0.1) is 0 Å². The monoisotopic (exact) mass is 271 g/mol. The van der Waals surface area contributed by atoms with Gasteiger partial charge in [-0.3, -0.25) is 4.72 Å². The molecule has 0 radical (unpaired) electrons. The van der Waals surface area contributed by atoms with Gasteiger partial charge < -0.3 is 0 Å². The lowest BCUT2D eigenvalue weighted by Crippen LogP contribution is -2.29. The van der Waals surface area contributed by atoms with Crippen molar-refractivity contribution >= 4 is 28.3 Å². The van der Waals surface area contributed by atoms with Crippen molar-refractivity contribution in [2.75, 3.05) is 4.72 Å². The Hall–Kier alpha value is -0.890. The Morgan fingerprint density at radius 1 is 1.31 bits per heavy atom. The Bertz CT molecular complexity index is 470. The van der Waals surface area contributed by atoms with Crippen molar-refractivity contribution in [3.05, 3.63) is 29.8 Å². The molecule has 1 rings (SSSR count). The Morgan fingerprint density at radius 3 is 2.44 bits per heavy atom. The number of nitrogens with one attached hydrogen (secondary N) is 1. The Balaban J connectivity index is 2.97. The van der Waals surface area contributed by atoms with Crippen LogP contribution in [-0.2, 0) is 15.8 Å². The molecular weight excluding hydrogens is 263 g/mol. The smallest absolute Gasteiger partial charge is 0.276 e. The highest BCUT2D eigenvalue weighted by atomic mass is 32.2. The minimum atomic E-state index is -5.35. The summed E-state index contributed by atoms with van der Waals surface area (Å²) < 4.78 is 59.1. The van der Waals surface area contributed by atoms with E-state index in [-0.39, 0.29) is 5.69 Å².